The summed E-state index contributed by atoms with van der Waals surface area (Å²) in [5.74, 6) is -1.38. The quantitative estimate of drug-likeness (QED) is 0.448. The van der Waals surface area contributed by atoms with Gasteiger partial charge in [-0.2, -0.15) is 4.31 Å². The summed E-state index contributed by atoms with van der Waals surface area (Å²) < 4.78 is 22.7. The van der Waals surface area contributed by atoms with Crippen LogP contribution in [0.1, 0.15) is 13.3 Å². The Balaban J connectivity index is 0. The van der Waals surface area contributed by atoms with Crippen LogP contribution in [0, 0.1) is 0 Å². The van der Waals surface area contributed by atoms with E-state index in [1.54, 1.807) is 6.92 Å². The fourth-order valence-corrected chi connectivity index (χ4v) is 1.61. The van der Waals surface area contributed by atoms with Crippen molar-refractivity contribution >= 4 is 16.0 Å². The van der Waals surface area contributed by atoms with E-state index in [0.717, 1.165) is 10.6 Å². The number of carboxylic acid groups (broad SMARTS) is 1. The molecule has 13 heavy (non-hydrogen) atoms. The monoisotopic (exact) mass is 233 g/mol. The maximum Gasteiger partial charge on any atom is 1.00 e. The Morgan fingerprint density at radius 3 is 2.15 bits per heavy atom. The molecule has 0 unspecified atom stereocenters. The van der Waals surface area contributed by atoms with Gasteiger partial charge in [0.2, 0.25) is 10.0 Å². The van der Waals surface area contributed by atoms with Gasteiger partial charge < -0.3 is 9.90 Å². The Morgan fingerprint density at radius 2 is 1.92 bits per heavy atom. The molecule has 5 nitrogen and oxygen atoms in total. The second kappa shape index (κ2) is 7.33. The average Bonchev–Trinajstić information content (AvgIpc) is 1.83. The second-order valence-corrected chi connectivity index (χ2v) is 4.45. The fourth-order valence-electron chi connectivity index (χ4n) is 0.756. The number of rotatable bonds is 5. The number of hydrogen-bond acceptors (Lipinski definition) is 4. The van der Waals surface area contributed by atoms with Gasteiger partial charge in [-0.15, -0.1) is 0 Å². The van der Waals surface area contributed by atoms with Crippen molar-refractivity contribution in [3.63, 3.8) is 0 Å². The Hall–Kier alpha value is 1.02. The van der Waals surface area contributed by atoms with Crippen molar-refractivity contribution in [2.45, 2.75) is 13.3 Å². The minimum Gasteiger partial charge on any atom is -0.549 e. The van der Waals surface area contributed by atoms with Gasteiger partial charge in [0.05, 0.1) is 18.8 Å². The van der Waals surface area contributed by atoms with E-state index in [1.807, 2.05) is 0 Å². The molecule has 0 rings (SSSR count). The smallest absolute Gasteiger partial charge is 0.549 e. The topological polar surface area (TPSA) is 77.5 Å². The maximum absolute atomic E-state index is 10.9. The molecule has 0 saturated carbocycles. The first kappa shape index (κ1) is 16.4. The van der Waals surface area contributed by atoms with Crippen molar-refractivity contribution in [3.05, 3.63) is 0 Å². The molecule has 0 radical (unpaired) electrons. The van der Waals surface area contributed by atoms with Crippen LogP contribution >= 0.6 is 0 Å². The molecule has 0 aliphatic rings. The van der Waals surface area contributed by atoms with E-state index in [-0.39, 0.29) is 57.9 Å². The molecule has 0 heterocycles. The van der Waals surface area contributed by atoms with Crippen molar-refractivity contribution in [2.24, 2.45) is 0 Å². The number of aliphatic carboxylic acids is 1. The molecule has 0 spiro atoms. The van der Waals surface area contributed by atoms with E-state index in [0.29, 0.717) is 6.42 Å². The van der Waals surface area contributed by atoms with Crippen molar-refractivity contribution in [3.8, 4) is 0 Å². The van der Waals surface area contributed by atoms with Crippen LogP contribution in [0.4, 0.5) is 0 Å². The van der Waals surface area contributed by atoms with Gasteiger partial charge in [-0.05, 0) is 6.42 Å². The molecule has 72 valence electrons. The molecule has 0 aromatic rings. The van der Waals surface area contributed by atoms with Gasteiger partial charge in [-0.25, -0.2) is 8.42 Å². The summed E-state index contributed by atoms with van der Waals surface area (Å²) in [5.41, 5.74) is 0. The molecule has 0 aromatic heterocycles. The molecule has 0 aromatic carbocycles. The number of hydrogen-bond donors (Lipinski definition) is 0. The molecule has 0 saturated heterocycles. The van der Waals surface area contributed by atoms with Crippen LogP contribution in [0.5, 0.6) is 0 Å². The van der Waals surface area contributed by atoms with Crippen LogP contribution in [0.3, 0.4) is 0 Å². The summed E-state index contributed by atoms with van der Waals surface area (Å²) in [5, 5.41) is 10.1. The normalized spacial score (nSPS) is 11.0. The first-order valence-corrected chi connectivity index (χ1v) is 5.37. The molecule has 0 N–H and O–H groups in total. The van der Waals surface area contributed by atoms with Crippen LogP contribution < -0.4 is 56.5 Å². The minimum absolute atomic E-state index is 0. The summed E-state index contributed by atoms with van der Waals surface area (Å²) in [4.78, 5) is 10.1. The van der Waals surface area contributed by atoms with E-state index >= 15 is 0 Å². The Morgan fingerprint density at radius 1 is 1.46 bits per heavy atom. The van der Waals surface area contributed by atoms with Crippen molar-refractivity contribution < 1.29 is 69.7 Å². The summed E-state index contributed by atoms with van der Waals surface area (Å²) in [6.45, 7) is 1.42. The Labute approximate surface area is 121 Å². The predicted molar refractivity (Wildman–Crippen MR) is 41.7 cm³/mol. The molecular formula is C6H12KNO4S. The number of carbonyl (C=O) groups excluding carboxylic acids is 1. The van der Waals surface area contributed by atoms with Gasteiger partial charge in [0, 0.05) is 6.54 Å². The molecule has 0 aliphatic carbocycles. The third-order valence-electron chi connectivity index (χ3n) is 1.25. The third kappa shape index (κ3) is 8.04. The van der Waals surface area contributed by atoms with Gasteiger partial charge in [0.25, 0.3) is 0 Å². The standard InChI is InChI=1S/C6H13NO4S.K/c1-3-4-7(5-6(8)9)12(2,10)11;/h3-5H2,1-2H3,(H,8,9);/q;+1/p-1. The Kier molecular flexibility index (Phi) is 9.27. The second-order valence-electron chi connectivity index (χ2n) is 2.47. The minimum atomic E-state index is -3.41. The van der Waals surface area contributed by atoms with Crippen molar-refractivity contribution in [2.75, 3.05) is 19.3 Å². The van der Waals surface area contributed by atoms with Gasteiger partial charge in [0.15, 0.2) is 0 Å². The number of sulfonamides is 1. The van der Waals surface area contributed by atoms with Crippen molar-refractivity contribution in [1.82, 2.24) is 4.31 Å². The number of carboxylic acids is 1. The zero-order valence-corrected chi connectivity index (χ0v) is 12.0. The van der Waals surface area contributed by atoms with Crippen LogP contribution in [0.2, 0.25) is 0 Å². The summed E-state index contributed by atoms with van der Waals surface area (Å²) in [7, 11) is -3.41. The van der Waals surface area contributed by atoms with E-state index in [4.69, 9.17) is 0 Å². The predicted octanol–water partition coefficient (Wildman–Crippen LogP) is -4.59. The molecule has 0 fully saturated rings. The molecular weight excluding hydrogens is 221 g/mol. The van der Waals surface area contributed by atoms with E-state index in [2.05, 4.69) is 0 Å². The first-order chi connectivity index (χ1) is 5.38. The van der Waals surface area contributed by atoms with Crippen LogP contribution in [-0.4, -0.2) is 38.0 Å². The first-order valence-electron chi connectivity index (χ1n) is 3.53. The van der Waals surface area contributed by atoms with Crippen molar-refractivity contribution in [1.29, 1.82) is 0 Å². The van der Waals surface area contributed by atoms with Gasteiger partial charge in [-0.3, -0.25) is 0 Å². The number of carbonyl (C=O) groups is 1. The molecule has 0 bridgehead atoms. The molecule has 0 atom stereocenters. The van der Waals surface area contributed by atoms with Gasteiger partial charge >= 0.3 is 51.4 Å². The average molecular weight is 233 g/mol. The number of nitrogens with zero attached hydrogens (tertiary/aromatic N) is 1. The van der Waals surface area contributed by atoms with E-state index in [1.165, 1.54) is 0 Å². The largest absolute Gasteiger partial charge is 1.00 e. The summed E-state index contributed by atoms with van der Waals surface area (Å²) >= 11 is 0. The van der Waals surface area contributed by atoms with Crippen LogP contribution in [-0.2, 0) is 14.8 Å². The van der Waals surface area contributed by atoms with E-state index < -0.39 is 22.5 Å². The molecule has 0 amide bonds. The zero-order valence-electron chi connectivity index (χ0n) is 8.11. The molecule has 0 aliphatic heterocycles. The molecule has 7 heteroatoms. The summed E-state index contributed by atoms with van der Waals surface area (Å²) in [6, 6.07) is 0. The van der Waals surface area contributed by atoms with Gasteiger partial charge in [-0.1, -0.05) is 6.92 Å². The SMILES string of the molecule is CCCN(CC(=O)[O-])S(C)(=O)=O.[K+]. The van der Waals surface area contributed by atoms with Gasteiger partial charge in [0.1, 0.15) is 0 Å². The van der Waals surface area contributed by atoms with Crippen LogP contribution in [0.15, 0.2) is 0 Å². The van der Waals surface area contributed by atoms with E-state index in [9.17, 15) is 18.3 Å². The zero-order chi connectivity index (χ0) is 9.78. The Bertz CT molecular complexity index is 251. The fraction of sp³-hybridized carbons (Fsp3) is 0.833. The maximum atomic E-state index is 10.9. The summed E-state index contributed by atoms with van der Waals surface area (Å²) in [6.07, 6.45) is 1.56. The van der Waals surface area contributed by atoms with Crippen LogP contribution in [0.25, 0.3) is 0 Å². The third-order valence-corrected chi connectivity index (χ3v) is 2.50.